The van der Waals surface area contributed by atoms with Crippen LogP contribution in [0.5, 0.6) is 5.75 Å². The van der Waals surface area contributed by atoms with Crippen molar-refractivity contribution in [3.8, 4) is 5.75 Å². The first-order valence-corrected chi connectivity index (χ1v) is 6.31. The lowest BCUT2D eigenvalue weighted by molar-refractivity contribution is 0.251. The molecule has 1 aromatic carbocycles. The van der Waals surface area contributed by atoms with Crippen LogP contribution in [0.25, 0.3) is 0 Å². The van der Waals surface area contributed by atoms with E-state index in [9.17, 15) is 4.79 Å². The van der Waals surface area contributed by atoms with Crippen LogP contribution in [0, 0.1) is 5.92 Å². The van der Waals surface area contributed by atoms with Gasteiger partial charge < -0.3 is 15.4 Å². The summed E-state index contributed by atoms with van der Waals surface area (Å²) in [6.07, 6.45) is 2.12. The average Bonchev–Trinajstić information content (AvgIpc) is 2.35. The zero-order valence-electron chi connectivity index (χ0n) is 11.3. The Labute approximate surface area is 109 Å². The zero-order chi connectivity index (χ0) is 13.4. The topological polar surface area (TPSA) is 50.4 Å². The minimum Gasteiger partial charge on any atom is -0.495 e. The van der Waals surface area contributed by atoms with Crippen LogP contribution in [-0.2, 0) is 0 Å². The number of carbonyl (C=O) groups is 1. The molecule has 0 aliphatic rings. The van der Waals surface area contributed by atoms with E-state index >= 15 is 0 Å². The van der Waals surface area contributed by atoms with Gasteiger partial charge in [0.1, 0.15) is 5.75 Å². The zero-order valence-corrected chi connectivity index (χ0v) is 11.3. The molecule has 0 unspecified atom stereocenters. The van der Waals surface area contributed by atoms with Crippen LogP contribution in [0.1, 0.15) is 26.7 Å². The minimum atomic E-state index is -0.191. The highest BCUT2D eigenvalue weighted by Crippen LogP contribution is 2.22. The maximum absolute atomic E-state index is 11.6. The molecule has 0 aliphatic heterocycles. The van der Waals surface area contributed by atoms with E-state index in [4.69, 9.17) is 4.74 Å². The number of methoxy groups -OCH3 is 1. The molecule has 2 amide bonds. The molecule has 0 bridgehead atoms. The number of amides is 2. The van der Waals surface area contributed by atoms with Crippen LogP contribution in [-0.4, -0.2) is 19.7 Å². The number of urea groups is 1. The highest BCUT2D eigenvalue weighted by molar-refractivity contribution is 5.90. The first kappa shape index (κ1) is 14.4. The van der Waals surface area contributed by atoms with E-state index in [1.165, 1.54) is 0 Å². The first-order valence-electron chi connectivity index (χ1n) is 6.31. The number of anilines is 1. The molecule has 0 fully saturated rings. The molecule has 4 heteroatoms. The number of nitrogens with one attached hydrogen (secondary N) is 2. The van der Waals surface area contributed by atoms with Crippen molar-refractivity contribution in [2.45, 2.75) is 26.7 Å². The van der Waals surface area contributed by atoms with Crippen molar-refractivity contribution in [1.29, 1.82) is 0 Å². The first-order chi connectivity index (χ1) is 8.63. The Kier molecular flexibility index (Phi) is 6.05. The Morgan fingerprint density at radius 2 is 2.06 bits per heavy atom. The maximum Gasteiger partial charge on any atom is 0.319 e. The van der Waals surface area contributed by atoms with Crippen molar-refractivity contribution >= 4 is 11.7 Å². The van der Waals surface area contributed by atoms with E-state index < -0.39 is 0 Å². The fourth-order valence-corrected chi connectivity index (χ4v) is 1.63. The third-order valence-electron chi connectivity index (χ3n) is 2.60. The Hall–Kier alpha value is -1.71. The lowest BCUT2D eigenvalue weighted by atomic mass is 10.1. The van der Waals surface area contributed by atoms with E-state index in [0.29, 0.717) is 23.9 Å². The molecule has 0 radical (unpaired) electrons. The Balaban J connectivity index is 2.35. The maximum atomic E-state index is 11.6. The summed E-state index contributed by atoms with van der Waals surface area (Å²) in [5, 5.41) is 5.61. The molecular weight excluding hydrogens is 228 g/mol. The Morgan fingerprint density at radius 1 is 1.33 bits per heavy atom. The van der Waals surface area contributed by atoms with Crippen LogP contribution >= 0.6 is 0 Å². The van der Waals surface area contributed by atoms with Gasteiger partial charge in [0.05, 0.1) is 12.8 Å². The number of carbonyl (C=O) groups excluding carboxylic acids is 1. The van der Waals surface area contributed by atoms with E-state index in [-0.39, 0.29) is 6.03 Å². The Bertz CT molecular complexity index is 378. The summed E-state index contributed by atoms with van der Waals surface area (Å²) in [6, 6.07) is 7.16. The fraction of sp³-hybridized carbons (Fsp3) is 0.500. The van der Waals surface area contributed by atoms with Crippen molar-refractivity contribution in [2.75, 3.05) is 19.0 Å². The predicted molar refractivity (Wildman–Crippen MR) is 74.1 cm³/mol. The normalized spacial score (nSPS) is 10.2. The molecule has 1 rings (SSSR count). The molecule has 0 spiro atoms. The molecule has 4 nitrogen and oxygen atoms in total. The van der Waals surface area contributed by atoms with Gasteiger partial charge in [0, 0.05) is 6.54 Å². The second-order valence-electron chi connectivity index (χ2n) is 4.62. The molecule has 0 atom stereocenters. The SMILES string of the molecule is COc1ccccc1NC(=O)NCCCC(C)C. The molecule has 0 heterocycles. The number of hydrogen-bond acceptors (Lipinski definition) is 2. The summed E-state index contributed by atoms with van der Waals surface area (Å²) in [4.78, 5) is 11.6. The molecule has 0 saturated heterocycles. The lowest BCUT2D eigenvalue weighted by Crippen LogP contribution is -2.29. The summed E-state index contributed by atoms with van der Waals surface area (Å²) < 4.78 is 5.16. The van der Waals surface area contributed by atoms with Crippen molar-refractivity contribution in [1.82, 2.24) is 5.32 Å². The van der Waals surface area contributed by atoms with E-state index in [0.717, 1.165) is 12.8 Å². The Morgan fingerprint density at radius 3 is 2.72 bits per heavy atom. The molecule has 1 aromatic rings. The number of benzene rings is 1. The lowest BCUT2D eigenvalue weighted by Gasteiger charge is -2.11. The van der Waals surface area contributed by atoms with Gasteiger partial charge in [-0.2, -0.15) is 0 Å². The van der Waals surface area contributed by atoms with E-state index in [2.05, 4.69) is 24.5 Å². The third kappa shape index (κ3) is 5.08. The molecule has 100 valence electrons. The van der Waals surface area contributed by atoms with Crippen LogP contribution in [0.4, 0.5) is 10.5 Å². The molecular formula is C14H22N2O2. The van der Waals surface area contributed by atoms with Crippen LogP contribution in [0.2, 0.25) is 0 Å². The summed E-state index contributed by atoms with van der Waals surface area (Å²) in [7, 11) is 1.58. The molecule has 0 aromatic heterocycles. The van der Waals surface area contributed by atoms with Crippen LogP contribution < -0.4 is 15.4 Å². The number of hydrogen-bond donors (Lipinski definition) is 2. The van der Waals surface area contributed by atoms with Crippen molar-refractivity contribution in [3.63, 3.8) is 0 Å². The van der Waals surface area contributed by atoms with Crippen molar-refractivity contribution in [3.05, 3.63) is 24.3 Å². The van der Waals surface area contributed by atoms with E-state index in [1.807, 2.05) is 24.3 Å². The third-order valence-corrected chi connectivity index (χ3v) is 2.60. The van der Waals surface area contributed by atoms with Crippen LogP contribution in [0.15, 0.2) is 24.3 Å². The molecule has 2 N–H and O–H groups in total. The summed E-state index contributed by atoms with van der Waals surface area (Å²) >= 11 is 0. The average molecular weight is 250 g/mol. The van der Waals surface area contributed by atoms with Gasteiger partial charge in [-0.3, -0.25) is 0 Å². The highest BCUT2D eigenvalue weighted by atomic mass is 16.5. The molecule has 0 saturated carbocycles. The summed E-state index contributed by atoms with van der Waals surface area (Å²) in [5.74, 6) is 1.33. The second kappa shape index (κ2) is 7.58. The molecule has 18 heavy (non-hydrogen) atoms. The van der Waals surface area contributed by atoms with Gasteiger partial charge in [-0.15, -0.1) is 0 Å². The number of rotatable bonds is 6. The van der Waals surface area contributed by atoms with E-state index in [1.54, 1.807) is 7.11 Å². The molecule has 0 aliphatic carbocycles. The predicted octanol–water partition coefficient (Wildman–Crippen LogP) is 3.25. The smallest absolute Gasteiger partial charge is 0.319 e. The highest BCUT2D eigenvalue weighted by Gasteiger charge is 2.05. The standard InChI is InChI=1S/C14H22N2O2/c1-11(2)7-6-10-15-14(17)16-12-8-4-5-9-13(12)18-3/h4-5,8-9,11H,6-7,10H2,1-3H3,(H2,15,16,17). The van der Waals surface area contributed by atoms with Gasteiger partial charge >= 0.3 is 6.03 Å². The largest absolute Gasteiger partial charge is 0.495 e. The second-order valence-corrected chi connectivity index (χ2v) is 4.62. The van der Waals surface area contributed by atoms with Gasteiger partial charge in [-0.1, -0.05) is 26.0 Å². The quantitative estimate of drug-likeness (QED) is 0.761. The summed E-state index contributed by atoms with van der Waals surface area (Å²) in [5.41, 5.74) is 0.682. The van der Waals surface area contributed by atoms with Gasteiger partial charge in [0.2, 0.25) is 0 Å². The van der Waals surface area contributed by atoms with Crippen LogP contribution in [0.3, 0.4) is 0 Å². The van der Waals surface area contributed by atoms with Gasteiger partial charge in [-0.25, -0.2) is 4.79 Å². The monoisotopic (exact) mass is 250 g/mol. The van der Waals surface area contributed by atoms with Crippen molar-refractivity contribution < 1.29 is 9.53 Å². The van der Waals surface area contributed by atoms with Gasteiger partial charge in [-0.05, 0) is 30.9 Å². The fourth-order valence-electron chi connectivity index (χ4n) is 1.63. The van der Waals surface area contributed by atoms with Gasteiger partial charge in [0.15, 0.2) is 0 Å². The van der Waals surface area contributed by atoms with Gasteiger partial charge in [0.25, 0.3) is 0 Å². The summed E-state index contributed by atoms with van der Waals surface area (Å²) in [6.45, 7) is 5.04. The number of para-hydroxylation sites is 2. The minimum absolute atomic E-state index is 0.191. The number of ether oxygens (including phenoxy) is 1. The van der Waals surface area contributed by atoms with Crippen molar-refractivity contribution in [2.24, 2.45) is 5.92 Å².